The highest BCUT2D eigenvalue weighted by atomic mass is 19.1. The fourth-order valence-corrected chi connectivity index (χ4v) is 6.49. The molecule has 0 spiro atoms. The SMILES string of the molecule is COC(=O)c1ccc(CN(C(=O)N2CCCCC2)c2ccccc2)c(F)c1.NCC(=O)c1ccc(CN(C(=O)N2CCCCC2)c2ccccc2)c(F)c1. The molecule has 2 aliphatic rings. The normalized spacial score (nSPS) is 14.0. The lowest BCUT2D eigenvalue weighted by molar-refractivity contribution is 0.0600. The van der Waals surface area contributed by atoms with Crippen LogP contribution in [0.1, 0.15) is 70.4 Å². The van der Waals surface area contributed by atoms with E-state index >= 15 is 0 Å². The molecule has 10 nitrogen and oxygen atoms in total. The maximum Gasteiger partial charge on any atom is 0.337 e. The smallest absolute Gasteiger partial charge is 0.337 e. The Balaban J connectivity index is 0.000000208. The standard InChI is InChI=1S/C21H24FN3O2.C21H23FN2O3/c22-19-13-16(20(26)14-23)9-10-17(19)15-25(18-7-3-1-4-8-18)21(27)24-11-5-2-6-12-24;1-27-20(25)16-10-11-17(19(22)14-16)15-24(18-8-4-2-5-9-18)21(26)23-12-6-3-7-13-23/h1,3-4,7-10,13H,2,5-6,11-12,14-15,23H2;2,4-5,8-11,14H,3,6-7,12-13,15H2,1H3. The number of Topliss-reactive ketones (excluding diaryl/α,β-unsaturated/α-hetero) is 1. The van der Waals surface area contributed by atoms with Crippen molar-refractivity contribution >= 4 is 35.2 Å². The number of hydrogen-bond donors (Lipinski definition) is 1. The van der Waals surface area contributed by atoms with Crippen LogP contribution in [-0.2, 0) is 17.8 Å². The molecule has 0 atom stereocenters. The zero-order valence-electron chi connectivity index (χ0n) is 30.6. The molecule has 4 amide bonds. The number of ketones is 1. The molecule has 0 aromatic heterocycles. The maximum absolute atomic E-state index is 14.6. The highest BCUT2D eigenvalue weighted by Gasteiger charge is 2.27. The first kappa shape index (κ1) is 39.6. The van der Waals surface area contributed by atoms with Gasteiger partial charge in [0.05, 0.1) is 32.3 Å². The molecule has 6 rings (SSSR count). The number of nitrogens with two attached hydrogens (primary N) is 1. The van der Waals surface area contributed by atoms with Crippen molar-refractivity contribution in [2.24, 2.45) is 5.73 Å². The molecule has 284 valence electrons. The fourth-order valence-electron chi connectivity index (χ4n) is 6.49. The molecule has 4 aromatic carbocycles. The number of ether oxygens (including phenoxy) is 1. The van der Waals surface area contributed by atoms with E-state index in [0.29, 0.717) is 43.0 Å². The number of halogens is 2. The second-order valence-electron chi connectivity index (χ2n) is 13.2. The zero-order valence-corrected chi connectivity index (χ0v) is 30.6. The number of urea groups is 2. The molecule has 2 N–H and O–H groups in total. The predicted molar refractivity (Wildman–Crippen MR) is 204 cm³/mol. The second kappa shape index (κ2) is 19.5. The third kappa shape index (κ3) is 10.3. The number of rotatable bonds is 9. The summed E-state index contributed by atoms with van der Waals surface area (Å²) in [5.41, 5.74) is 7.86. The Labute approximate surface area is 315 Å². The third-order valence-corrected chi connectivity index (χ3v) is 9.54. The van der Waals surface area contributed by atoms with E-state index in [1.807, 2.05) is 70.5 Å². The average molecular weight is 740 g/mol. The Morgan fingerprint density at radius 3 is 1.41 bits per heavy atom. The van der Waals surface area contributed by atoms with Crippen molar-refractivity contribution in [1.29, 1.82) is 0 Å². The van der Waals surface area contributed by atoms with Crippen LogP contribution in [-0.4, -0.2) is 73.4 Å². The van der Waals surface area contributed by atoms with Crippen molar-refractivity contribution in [2.75, 3.05) is 49.6 Å². The van der Waals surface area contributed by atoms with E-state index in [1.165, 1.54) is 25.3 Å². The van der Waals surface area contributed by atoms with E-state index in [1.54, 1.807) is 21.9 Å². The van der Waals surface area contributed by atoms with Gasteiger partial charge in [-0.1, -0.05) is 54.6 Å². The van der Waals surface area contributed by atoms with Gasteiger partial charge >= 0.3 is 18.0 Å². The van der Waals surface area contributed by atoms with E-state index in [2.05, 4.69) is 4.74 Å². The van der Waals surface area contributed by atoms with Gasteiger partial charge in [0.2, 0.25) is 0 Å². The van der Waals surface area contributed by atoms with Gasteiger partial charge in [-0.15, -0.1) is 0 Å². The summed E-state index contributed by atoms with van der Waals surface area (Å²) in [6, 6.07) is 26.7. The highest BCUT2D eigenvalue weighted by molar-refractivity contribution is 5.97. The first-order valence-electron chi connectivity index (χ1n) is 18.3. The van der Waals surface area contributed by atoms with Gasteiger partial charge in [0.25, 0.3) is 0 Å². The molecular weight excluding hydrogens is 692 g/mol. The quantitative estimate of drug-likeness (QED) is 0.138. The zero-order chi connectivity index (χ0) is 38.5. The molecule has 12 heteroatoms. The van der Waals surface area contributed by atoms with Crippen LogP contribution in [0.25, 0.3) is 0 Å². The molecule has 0 saturated carbocycles. The number of likely N-dealkylation sites (tertiary alicyclic amines) is 2. The van der Waals surface area contributed by atoms with Gasteiger partial charge in [-0.2, -0.15) is 0 Å². The van der Waals surface area contributed by atoms with Gasteiger partial charge in [-0.3, -0.25) is 14.6 Å². The number of nitrogens with zero attached hydrogens (tertiary/aromatic N) is 4. The van der Waals surface area contributed by atoms with Gasteiger partial charge in [-0.05, 0) is 81.0 Å². The van der Waals surface area contributed by atoms with Crippen LogP contribution in [0.3, 0.4) is 0 Å². The van der Waals surface area contributed by atoms with Crippen LogP contribution in [0.5, 0.6) is 0 Å². The van der Waals surface area contributed by atoms with Crippen LogP contribution < -0.4 is 15.5 Å². The molecule has 2 fully saturated rings. The summed E-state index contributed by atoms with van der Waals surface area (Å²) >= 11 is 0. The minimum absolute atomic E-state index is 0.0899. The average Bonchev–Trinajstić information content (AvgIpc) is 3.23. The van der Waals surface area contributed by atoms with Gasteiger partial charge in [0, 0.05) is 54.2 Å². The van der Waals surface area contributed by atoms with E-state index in [4.69, 9.17) is 5.73 Å². The monoisotopic (exact) mass is 739 g/mol. The topological polar surface area (TPSA) is 116 Å². The number of carbonyl (C=O) groups is 4. The summed E-state index contributed by atoms with van der Waals surface area (Å²) in [7, 11) is 1.25. The molecule has 54 heavy (non-hydrogen) atoms. The van der Waals surface area contributed by atoms with E-state index < -0.39 is 17.6 Å². The van der Waals surface area contributed by atoms with E-state index in [0.717, 1.165) is 50.3 Å². The number of piperidine rings is 2. The maximum atomic E-state index is 14.6. The van der Waals surface area contributed by atoms with Crippen molar-refractivity contribution in [3.05, 3.63) is 131 Å². The predicted octanol–water partition coefficient (Wildman–Crippen LogP) is 7.80. The molecule has 0 radical (unpaired) electrons. The van der Waals surface area contributed by atoms with Crippen molar-refractivity contribution in [3.8, 4) is 0 Å². The first-order chi connectivity index (χ1) is 26.2. The van der Waals surface area contributed by atoms with Gasteiger partial charge in [-0.25, -0.2) is 23.2 Å². The molecule has 2 heterocycles. The molecule has 0 bridgehead atoms. The molecule has 2 aliphatic heterocycles. The molecular formula is C42H47F2N5O5. The molecule has 0 aliphatic carbocycles. The number of anilines is 2. The summed E-state index contributed by atoms with van der Waals surface area (Å²) in [5, 5.41) is 0. The van der Waals surface area contributed by atoms with Crippen LogP contribution >= 0.6 is 0 Å². The first-order valence-corrected chi connectivity index (χ1v) is 18.3. The Morgan fingerprint density at radius 2 is 1.02 bits per heavy atom. The van der Waals surface area contributed by atoms with Crippen molar-refractivity contribution < 1.29 is 32.7 Å². The van der Waals surface area contributed by atoms with Crippen LogP contribution in [0.4, 0.5) is 29.7 Å². The third-order valence-electron chi connectivity index (χ3n) is 9.54. The lowest BCUT2D eigenvalue weighted by Crippen LogP contribution is -2.45. The molecule has 2 saturated heterocycles. The number of para-hydroxylation sites is 2. The Morgan fingerprint density at radius 1 is 0.611 bits per heavy atom. The summed E-state index contributed by atoms with van der Waals surface area (Å²) in [5.74, 6) is -1.96. The molecule has 0 unspecified atom stereocenters. The second-order valence-corrected chi connectivity index (χ2v) is 13.2. The summed E-state index contributed by atoms with van der Waals surface area (Å²) < 4.78 is 33.8. The Hall–Kier alpha value is -5.62. The number of carbonyl (C=O) groups excluding carboxylic acids is 4. The highest BCUT2D eigenvalue weighted by Crippen LogP contribution is 2.25. The summed E-state index contributed by atoms with van der Waals surface area (Å²) in [6.07, 6.45) is 6.18. The van der Waals surface area contributed by atoms with Crippen molar-refractivity contribution in [3.63, 3.8) is 0 Å². The molecule has 4 aromatic rings. The lowest BCUT2D eigenvalue weighted by Gasteiger charge is -2.33. The number of benzene rings is 4. The Kier molecular flexibility index (Phi) is 14.3. The Bertz CT molecular complexity index is 1750. The van der Waals surface area contributed by atoms with Crippen LogP contribution in [0.2, 0.25) is 0 Å². The van der Waals surface area contributed by atoms with Gasteiger partial charge in [0.1, 0.15) is 11.6 Å². The minimum atomic E-state index is -0.593. The number of hydrogen-bond acceptors (Lipinski definition) is 6. The lowest BCUT2D eigenvalue weighted by atomic mass is 10.1. The van der Waals surface area contributed by atoms with Gasteiger partial charge < -0.3 is 20.3 Å². The summed E-state index contributed by atoms with van der Waals surface area (Å²) in [6.45, 7) is 2.89. The number of esters is 1. The number of methoxy groups -OCH3 is 1. The minimum Gasteiger partial charge on any atom is -0.465 e. The van der Waals surface area contributed by atoms with Crippen LogP contribution in [0.15, 0.2) is 97.1 Å². The van der Waals surface area contributed by atoms with E-state index in [-0.39, 0.29) is 48.6 Å². The number of amides is 4. The fraction of sp³-hybridized carbons (Fsp3) is 0.333. The largest absolute Gasteiger partial charge is 0.465 e. The van der Waals surface area contributed by atoms with Crippen LogP contribution in [0, 0.1) is 11.6 Å². The summed E-state index contributed by atoms with van der Waals surface area (Å²) in [4.78, 5) is 56.2. The van der Waals surface area contributed by atoms with Crippen molar-refractivity contribution in [2.45, 2.75) is 51.6 Å². The van der Waals surface area contributed by atoms with E-state index in [9.17, 15) is 28.0 Å². The van der Waals surface area contributed by atoms with Gasteiger partial charge in [0.15, 0.2) is 5.78 Å². The van der Waals surface area contributed by atoms with Crippen molar-refractivity contribution in [1.82, 2.24) is 9.80 Å².